The molecule has 0 amide bonds. The van der Waals surface area contributed by atoms with Gasteiger partial charge in [0.25, 0.3) is 0 Å². The van der Waals surface area contributed by atoms with E-state index in [1.54, 1.807) is 11.3 Å². The number of hydrogen-bond acceptors (Lipinski definition) is 0. The minimum atomic E-state index is 0.699. The fourth-order valence-electron chi connectivity index (χ4n) is 4.45. The molecule has 1 aromatic heterocycles. The first-order chi connectivity index (χ1) is 10.9. The number of fused-ring (bicyclic) bond motifs is 3. The molecular weight excluding hydrogens is 268 g/mol. The zero-order chi connectivity index (χ0) is 14.5. The van der Waals surface area contributed by atoms with Gasteiger partial charge in [0.2, 0.25) is 0 Å². The van der Waals surface area contributed by atoms with E-state index in [0.29, 0.717) is 6.04 Å². The van der Waals surface area contributed by atoms with E-state index < -0.39 is 0 Å². The van der Waals surface area contributed by atoms with Crippen molar-refractivity contribution in [3.05, 3.63) is 59.8 Å². The van der Waals surface area contributed by atoms with Crippen molar-refractivity contribution in [2.45, 2.75) is 31.8 Å². The van der Waals surface area contributed by atoms with Gasteiger partial charge >= 0.3 is 0 Å². The topological polar surface area (TPSA) is 21.5 Å². The molecule has 2 heterocycles. The predicted molar refractivity (Wildman–Crippen MR) is 89.8 cm³/mol. The summed E-state index contributed by atoms with van der Waals surface area (Å²) in [6.45, 7) is 2.38. The van der Waals surface area contributed by atoms with Gasteiger partial charge in [-0.1, -0.05) is 36.4 Å². The molecule has 1 atom stereocenters. The second-order valence-corrected chi connectivity index (χ2v) is 6.64. The Morgan fingerprint density at radius 2 is 1.91 bits per heavy atom. The number of rotatable bonds is 1. The van der Waals surface area contributed by atoms with Gasteiger partial charge in [-0.05, 0) is 41.7 Å². The average molecular weight is 289 g/mol. The summed E-state index contributed by atoms with van der Waals surface area (Å²) in [5.41, 5.74) is 7.36. The molecule has 2 aromatic carbocycles. The van der Waals surface area contributed by atoms with Gasteiger partial charge in [-0.2, -0.15) is 0 Å². The summed E-state index contributed by atoms with van der Waals surface area (Å²) >= 11 is 0. The molecule has 2 aliphatic rings. The van der Waals surface area contributed by atoms with E-state index in [2.05, 4.69) is 58.4 Å². The number of benzene rings is 2. The van der Waals surface area contributed by atoms with Crippen molar-refractivity contribution in [1.82, 2.24) is 4.57 Å². The van der Waals surface area contributed by atoms with Crippen molar-refractivity contribution in [2.24, 2.45) is 0 Å². The van der Waals surface area contributed by atoms with Gasteiger partial charge < -0.3 is 9.88 Å². The fraction of sp³-hybridized carbons (Fsp3) is 0.300. The van der Waals surface area contributed by atoms with Crippen molar-refractivity contribution in [1.29, 1.82) is 0 Å². The summed E-state index contributed by atoms with van der Waals surface area (Å²) < 4.78 is 2.60. The third-order valence-corrected chi connectivity index (χ3v) is 5.42. The normalized spacial score (nSPS) is 20.1. The highest BCUT2D eigenvalue weighted by atomic mass is 15.1. The van der Waals surface area contributed by atoms with Crippen LogP contribution in [0.2, 0.25) is 0 Å². The maximum atomic E-state index is 2.60. The monoisotopic (exact) mass is 289 g/mol. The first-order valence-corrected chi connectivity index (χ1v) is 8.45. The Labute approximate surface area is 130 Å². The summed E-state index contributed by atoms with van der Waals surface area (Å²) in [6, 6.07) is 18.5. The molecule has 5 rings (SSSR count). The van der Waals surface area contributed by atoms with Crippen LogP contribution in [-0.4, -0.2) is 11.1 Å². The number of aromatic nitrogens is 1. The largest absolute Gasteiger partial charge is 0.337 e. The Morgan fingerprint density at radius 1 is 1.00 bits per heavy atom. The molecule has 1 aliphatic heterocycles. The lowest BCUT2D eigenvalue weighted by atomic mass is 9.90. The highest BCUT2D eigenvalue weighted by Crippen LogP contribution is 2.38. The molecule has 0 saturated carbocycles. The first kappa shape index (κ1) is 12.5. The molecule has 2 heteroatoms. The number of hydrogen-bond donors (Lipinski definition) is 1. The molecule has 0 radical (unpaired) electrons. The summed E-state index contributed by atoms with van der Waals surface area (Å²) in [5, 5.41) is 4.05. The van der Waals surface area contributed by atoms with Crippen LogP contribution in [0.3, 0.4) is 0 Å². The average Bonchev–Trinajstić information content (AvgIpc) is 2.92. The van der Waals surface area contributed by atoms with Gasteiger partial charge in [-0.25, -0.2) is 0 Å². The van der Waals surface area contributed by atoms with Crippen LogP contribution in [0.4, 0.5) is 0 Å². The molecule has 3 aromatic rings. The predicted octanol–water partition coefficient (Wildman–Crippen LogP) is 3.26. The zero-order valence-corrected chi connectivity index (χ0v) is 12.8. The quantitative estimate of drug-likeness (QED) is 0.710. The molecule has 0 fully saturated rings. The molecule has 0 bridgehead atoms. The number of nitrogens with zero attached hydrogens (tertiary/aromatic N) is 1. The van der Waals surface area contributed by atoms with Gasteiger partial charge in [-0.15, -0.1) is 0 Å². The van der Waals surface area contributed by atoms with Crippen LogP contribution < -0.4 is 5.32 Å². The fourth-order valence-corrected chi connectivity index (χ4v) is 4.45. The smallest absolute Gasteiger partial charge is 0.127 e. The van der Waals surface area contributed by atoms with Crippen molar-refractivity contribution in [3.63, 3.8) is 0 Å². The molecule has 0 saturated heterocycles. The van der Waals surface area contributed by atoms with Crippen molar-refractivity contribution < 1.29 is 5.32 Å². The Bertz CT molecular complexity index is 843. The van der Waals surface area contributed by atoms with E-state index in [0.717, 1.165) is 6.54 Å². The van der Waals surface area contributed by atoms with Crippen molar-refractivity contribution in [2.75, 3.05) is 6.54 Å². The third kappa shape index (κ3) is 1.71. The van der Waals surface area contributed by atoms with Crippen LogP contribution in [0.25, 0.3) is 22.0 Å². The zero-order valence-electron chi connectivity index (χ0n) is 12.8. The van der Waals surface area contributed by atoms with Crippen LogP contribution in [-0.2, 0) is 13.0 Å². The van der Waals surface area contributed by atoms with Gasteiger partial charge in [0.15, 0.2) is 0 Å². The lowest BCUT2D eigenvalue weighted by Crippen LogP contribution is -2.88. The maximum Gasteiger partial charge on any atom is 0.127 e. The minimum absolute atomic E-state index is 0.699. The van der Waals surface area contributed by atoms with Crippen molar-refractivity contribution in [3.8, 4) is 11.1 Å². The number of nitrogens with two attached hydrogens (primary N) is 1. The SMILES string of the molecule is c1ccc(-c2ccc3c(c2)c2c4n3CC[NH2+][C@H]4CCC2)cc1. The molecule has 22 heavy (non-hydrogen) atoms. The number of aryl methyl sites for hydroxylation is 1. The molecular formula is C20H21N2+. The summed E-state index contributed by atoms with van der Waals surface area (Å²) in [6.07, 6.45) is 3.93. The third-order valence-electron chi connectivity index (χ3n) is 5.42. The van der Waals surface area contributed by atoms with Crippen LogP contribution >= 0.6 is 0 Å². The molecule has 110 valence electrons. The summed E-state index contributed by atoms with van der Waals surface area (Å²) in [5.74, 6) is 0. The summed E-state index contributed by atoms with van der Waals surface area (Å²) in [7, 11) is 0. The number of quaternary nitrogens is 1. The molecule has 0 spiro atoms. The van der Waals surface area contributed by atoms with E-state index >= 15 is 0 Å². The second-order valence-electron chi connectivity index (χ2n) is 6.64. The van der Waals surface area contributed by atoms with Gasteiger partial charge in [-0.3, -0.25) is 0 Å². The van der Waals surface area contributed by atoms with E-state index in [4.69, 9.17) is 0 Å². The van der Waals surface area contributed by atoms with E-state index in [9.17, 15) is 0 Å². The lowest BCUT2D eigenvalue weighted by Gasteiger charge is -2.27. The van der Waals surface area contributed by atoms with Crippen LogP contribution in [0.1, 0.15) is 30.1 Å². The minimum Gasteiger partial charge on any atom is -0.337 e. The molecule has 2 N–H and O–H groups in total. The van der Waals surface area contributed by atoms with Crippen molar-refractivity contribution >= 4 is 10.9 Å². The van der Waals surface area contributed by atoms with E-state index in [-0.39, 0.29) is 0 Å². The van der Waals surface area contributed by atoms with Gasteiger partial charge in [0, 0.05) is 17.3 Å². The Kier molecular flexibility index (Phi) is 2.68. The van der Waals surface area contributed by atoms with E-state index in [1.807, 2.05) is 0 Å². The Hall–Kier alpha value is -2.06. The highest BCUT2D eigenvalue weighted by molar-refractivity contribution is 5.90. The second kappa shape index (κ2) is 4.72. The maximum absolute atomic E-state index is 2.60. The standard InChI is InChI=1S/C20H20N2/c1-2-5-14(6-3-1)15-9-10-19-17(13-15)16-7-4-8-18-20(16)22(19)12-11-21-18/h1-3,5-6,9-10,13,18,21H,4,7-8,11-12H2/p+1/t18-/m0/s1. The Balaban J connectivity index is 1.77. The summed E-state index contributed by atoms with van der Waals surface area (Å²) in [4.78, 5) is 0. The van der Waals surface area contributed by atoms with Crippen LogP contribution in [0, 0.1) is 0 Å². The lowest BCUT2D eigenvalue weighted by molar-refractivity contribution is -0.704. The van der Waals surface area contributed by atoms with E-state index in [1.165, 1.54) is 47.8 Å². The van der Waals surface area contributed by atoms with Crippen LogP contribution in [0.15, 0.2) is 48.5 Å². The van der Waals surface area contributed by atoms with Gasteiger partial charge in [0.1, 0.15) is 6.04 Å². The highest BCUT2D eigenvalue weighted by Gasteiger charge is 2.32. The van der Waals surface area contributed by atoms with Gasteiger partial charge in [0.05, 0.1) is 18.8 Å². The molecule has 2 nitrogen and oxygen atoms in total. The first-order valence-electron chi connectivity index (χ1n) is 8.45. The molecule has 1 aliphatic carbocycles. The molecule has 0 unspecified atom stereocenters. The Morgan fingerprint density at radius 3 is 2.82 bits per heavy atom. The van der Waals surface area contributed by atoms with Crippen LogP contribution in [0.5, 0.6) is 0 Å².